The predicted molar refractivity (Wildman–Crippen MR) is 60.8 cm³/mol. The monoisotopic (exact) mass is 295 g/mol. The van der Waals surface area contributed by atoms with E-state index in [0.717, 1.165) is 15.1 Å². The summed E-state index contributed by atoms with van der Waals surface area (Å²) in [6.45, 7) is 1.19. The van der Waals surface area contributed by atoms with Gasteiger partial charge < -0.3 is 0 Å². The fourth-order valence-electron chi connectivity index (χ4n) is 1.48. The molecule has 0 unspecified atom stereocenters. The van der Waals surface area contributed by atoms with E-state index in [-0.39, 0.29) is 0 Å². The lowest BCUT2D eigenvalue weighted by Crippen LogP contribution is -2.24. The molecule has 14 heavy (non-hydrogen) atoms. The maximum Gasteiger partial charge on any atom is 0.214 e. The molecule has 0 aliphatic carbocycles. The molecule has 78 valence electrons. The van der Waals surface area contributed by atoms with Crippen LogP contribution in [0.2, 0.25) is 0 Å². The average molecular weight is 296 g/mol. The minimum absolute atomic E-state index is 0.305. The summed E-state index contributed by atoms with van der Waals surface area (Å²) in [5.41, 5.74) is 0. The van der Waals surface area contributed by atoms with Crippen LogP contribution in [0.5, 0.6) is 0 Å². The van der Waals surface area contributed by atoms with Crippen molar-refractivity contribution in [1.82, 2.24) is 4.31 Å². The Balaban J connectivity index is 2.12. The summed E-state index contributed by atoms with van der Waals surface area (Å²) in [6, 6.07) is 3.91. The molecule has 1 aromatic heterocycles. The molecule has 0 radical (unpaired) electrons. The third-order valence-corrected chi connectivity index (χ3v) is 5.68. The lowest BCUT2D eigenvalue weighted by atomic mass is 10.4. The average Bonchev–Trinajstić information content (AvgIpc) is 2.61. The second-order valence-corrected chi connectivity index (χ2v) is 7.84. The van der Waals surface area contributed by atoms with Gasteiger partial charge >= 0.3 is 0 Å². The predicted octanol–water partition coefficient (Wildman–Crippen LogP) is 2.05. The van der Waals surface area contributed by atoms with Crippen molar-refractivity contribution < 1.29 is 8.42 Å². The molecular formula is C8H10BrNO2S2. The lowest BCUT2D eigenvalue weighted by molar-refractivity contribution is 0.443. The summed E-state index contributed by atoms with van der Waals surface area (Å²) < 4.78 is 25.6. The Morgan fingerprint density at radius 2 is 2.29 bits per heavy atom. The van der Waals surface area contributed by atoms with E-state index in [9.17, 15) is 8.42 Å². The van der Waals surface area contributed by atoms with Crippen LogP contribution < -0.4 is 0 Å². The molecule has 0 N–H and O–H groups in total. The smallest absolute Gasteiger partial charge is 0.212 e. The Labute approximate surface area is 95.9 Å². The quantitative estimate of drug-likeness (QED) is 0.837. The maximum absolute atomic E-state index is 11.5. The molecular weight excluding hydrogens is 286 g/mol. The number of halogens is 1. The second kappa shape index (κ2) is 3.92. The topological polar surface area (TPSA) is 37.4 Å². The number of rotatable bonds is 2. The zero-order valence-corrected chi connectivity index (χ0v) is 10.7. The van der Waals surface area contributed by atoms with Crippen molar-refractivity contribution in [3.05, 3.63) is 20.8 Å². The van der Waals surface area contributed by atoms with Crippen LogP contribution in [-0.2, 0) is 16.6 Å². The first kappa shape index (κ1) is 10.6. The molecule has 1 fully saturated rings. The summed E-state index contributed by atoms with van der Waals surface area (Å²) in [5.74, 6) is 0.305. The van der Waals surface area contributed by atoms with Gasteiger partial charge in [-0.15, -0.1) is 11.3 Å². The molecule has 0 bridgehead atoms. The molecule has 1 aliphatic rings. The van der Waals surface area contributed by atoms with Crippen molar-refractivity contribution in [2.45, 2.75) is 13.0 Å². The van der Waals surface area contributed by atoms with E-state index in [1.165, 1.54) is 0 Å². The van der Waals surface area contributed by atoms with Gasteiger partial charge in [-0.1, -0.05) is 0 Å². The summed E-state index contributed by atoms with van der Waals surface area (Å²) >= 11 is 4.95. The molecule has 0 spiro atoms. The van der Waals surface area contributed by atoms with E-state index in [1.807, 2.05) is 12.1 Å². The fraction of sp³-hybridized carbons (Fsp3) is 0.500. The number of hydrogen-bond acceptors (Lipinski definition) is 3. The SMILES string of the molecule is O=S1(=O)CCCN1Cc1ccc(Br)s1. The van der Waals surface area contributed by atoms with Crippen molar-refractivity contribution in [2.75, 3.05) is 12.3 Å². The molecule has 0 amide bonds. The van der Waals surface area contributed by atoms with Crippen LogP contribution in [0.4, 0.5) is 0 Å². The van der Waals surface area contributed by atoms with Crippen LogP contribution >= 0.6 is 27.3 Å². The first-order valence-electron chi connectivity index (χ1n) is 4.30. The Kier molecular flexibility index (Phi) is 2.97. The highest BCUT2D eigenvalue weighted by atomic mass is 79.9. The van der Waals surface area contributed by atoms with Crippen LogP contribution in [0.25, 0.3) is 0 Å². The molecule has 1 aliphatic heterocycles. The summed E-state index contributed by atoms with van der Waals surface area (Å²) in [7, 11) is -2.95. The standard InChI is InChI=1S/C8H10BrNO2S2/c9-8-3-2-7(13-8)6-10-4-1-5-14(10,11)12/h2-3H,1,4-6H2. The fourth-order valence-corrected chi connectivity index (χ4v) is 4.56. The van der Waals surface area contributed by atoms with E-state index in [4.69, 9.17) is 0 Å². The molecule has 6 heteroatoms. The minimum Gasteiger partial charge on any atom is -0.212 e. The van der Waals surface area contributed by atoms with E-state index in [1.54, 1.807) is 15.6 Å². The van der Waals surface area contributed by atoms with Crippen LogP contribution in [0.3, 0.4) is 0 Å². The lowest BCUT2D eigenvalue weighted by Gasteiger charge is -2.12. The molecule has 2 rings (SSSR count). The van der Waals surface area contributed by atoms with E-state index < -0.39 is 10.0 Å². The van der Waals surface area contributed by atoms with Crippen molar-refractivity contribution in [3.8, 4) is 0 Å². The number of thiophene rings is 1. The highest BCUT2D eigenvalue weighted by Crippen LogP contribution is 2.25. The van der Waals surface area contributed by atoms with Gasteiger partial charge in [0.1, 0.15) is 0 Å². The number of sulfonamides is 1. The van der Waals surface area contributed by atoms with Crippen LogP contribution in [-0.4, -0.2) is 25.0 Å². The van der Waals surface area contributed by atoms with Gasteiger partial charge in [0.15, 0.2) is 0 Å². The summed E-state index contributed by atoms with van der Waals surface area (Å²) in [4.78, 5) is 1.09. The second-order valence-electron chi connectivity index (χ2n) is 3.21. The van der Waals surface area contributed by atoms with Gasteiger partial charge in [0, 0.05) is 18.0 Å². The minimum atomic E-state index is -2.95. The van der Waals surface area contributed by atoms with E-state index >= 15 is 0 Å². The van der Waals surface area contributed by atoms with Crippen LogP contribution in [0.15, 0.2) is 15.9 Å². The van der Waals surface area contributed by atoms with Gasteiger partial charge in [0.25, 0.3) is 0 Å². The highest BCUT2D eigenvalue weighted by Gasteiger charge is 2.28. The maximum atomic E-state index is 11.5. The van der Waals surface area contributed by atoms with Gasteiger partial charge in [-0.3, -0.25) is 0 Å². The number of hydrogen-bond donors (Lipinski definition) is 0. The first-order chi connectivity index (χ1) is 6.58. The van der Waals surface area contributed by atoms with Crippen LogP contribution in [0, 0.1) is 0 Å². The van der Waals surface area contributed by atoms with Gasteiger partial charge in [-0.2, -0.15) is 4.31 Å². The third-order valence-electron chi connectivity index (χ3n) is 2.16. The highest BCUT2D eigenvalue weighted by molar-refractivity contribution is 9.11. The van der Waals surface area contributed by atoms with Crippen LogP contribution in [0.1, 0.15) is 11.3 Å². The summed E-state index contributed by atoms with van der Waals surface area (Å²) in [6.07, 6.45) is 0.759. The molecule has 1 saturated heterocycles. The van der Waals surface area contributed by atoms with Crippen molar-refractivity contribution in [1.29, 1.82) is 0 Å². The van der Waals surface area contributed by atoms with Gasteiger partial charge in [0.05, 0.1) is 9.54 Å². The molecule has 3 nitrogen and oxygen atoms in total. The zero-order chi connectivity index (χ0) is 10.2. The third kappa shape index (κ3) is 2.18. The van der Waals surface area contributed by atoms with E-state index in [2.05, 4.69) is 15.9 Å². The molecule has 1 aromatic rings. The van der Waals surface area contributed by atoms with Crippen molar-refractivity contribution in [3.63, 3.8) is 0 Å². The Hall–Kier alpha value is 0.0900. The van der Waals surface area contributed by atoms with Gasteiger partial charge in [-0.05, 0) is 34.5 Å². The first-order valence-corrected chi connectivity index (χ1v) is 7.52. The largest absolute Gasteiger partial charge is 0.214 e. The van der Waals surface area contributed by atoms with Crippen molar-refractivity contribution >= 4 is 37.3 Å². The van der Waals surface area contributed by atoms with Gasteiger partial charge in [0.2, 0.25) is 10.0 Å². The normalized spacial score (nSPS) is 21.5. The van der Waals surface area contributed by atoms with Crippen molar-refractivity contribution in [2.24, 2.45) is 0 Å². The molecule has 0 atom stereocenters. The van der Waals surface area contributed by atoms with E-state index in [0.29, 0.717) is 18.8 Å². The van der Waals surface area contributed by atoms with Gasteiger partial charge in [-0.25, -0.2) is 8.42 Å². The summed E-state index contributed by atoms with van der Waals surface area (Å²) in [5, 5.41) is 0. The number of nitrogens with zero attached hydrogens (tertiary/aromatic N) is 1. The molecule has 2 heterocycles. The Morgan fingerprint density at radius 3 is 2.79 bits per heavy atom. The molecule has 0 aromatic carbocycles. The Morgan fingerprint density at radius 1 is 1.50 bits per heavy atom. The zero-order valence-electron chi connectivity index (χ0n) is 7.44. The Bertz CT molecular complexity index is 426. The molecule has 0 saturated carbocycles.